The van der Waals surface area contributed by atoms with Crippen molar-refractivity contribution in [3.05, 3.63) is 29.5 Å². The molecule has 5 nitrogen and oxygen atoms in total. The van der Waals surface area contributed by atoms with Crippen molar-refractivity contribution in [3.63, 3.8) is 0 Å². The number of aromatic nitrogens is 2. The highest BCUT2D eigenvalue weighted by Gasteiger charge is 2.04. The lowest BCUT2D eigenvalue weighted by atomic mass is 10.1. The number of anilines is 1. The van der Waals surface area contributed by atoms with Crippen molar-refractivity contribution in [2.75, 3.05) is 11.9 Å². The third-order valence-corrected chi connectivity index (χ3v) is 3.30. The van der Waals surface area contributed by atoms with E-state index < -0.39 is 5.91 Å². The molecular weight excluding hydrogens is 240 g/mol. The van der Waals surface area contributed by atoms with Gasteiger partial charge in [-0.1, -0.05) is 18.1 Å². The van der Waals surface area contributed by atoms with Crippen LogP contribution in [0.15, 0.2) is 23.8 Å². The maximum absolute atomic E-state index is 10.9. The Kier molecular flexibility index (Phi) is 4.89. The van der Waals surface area contributed by atoms with Crippen molar-refractivity contribution >= 4 is 11.7 Å². The molecule has 0 fully saturated rings. The van der Waals surface area contributed by atoms with E-state index in [2.05, 4.69) is 21.6 Å². The fourth-order valence-electron chi connectivity index (χ4n) is 2.22. The van der Waals surface area contributed by atoms with E-state index in [4.69, 9.17) is 5.73 Å². The lowest BCUT2D eigenvalue weighted by Crippen LogP contribution is -2.14. The van der Waals surface area contributed by atoms with Crippen molar-refractivity contribution < 1.29 is 4.79 Å². The maximum Gasteiger partial charge on any atom is 0.269 e. The summed E-state index contributed by atoms with van der Waals surface area (Å²) in [6, 6.07) is 3.32. The monoisotopic (exact) mass is 260 g/mol. The van der Waals surface area contributed by atoms with Gasteiger partial charge in [-0.2, -0.15) is 0 Å². The third kappa shape index (κ3) is 4.35. The second kappa shape index (κ2) is 6.87. The highest BCUT2D eigenvalue weighted by Crippen LogP contribution is 2.19. The van der Waals surface area contributed by atoms with Gasteiger partial charge in [0.2, 0.25) is 0 Å². The Bertz CT molecular complexity index is 453. The van der Waals surface area contributed by atoms with E-state index in [0.29, 0.717) is 5.82 Å². The van der Waals surface area contributed by atoms with Crippen LogP contribution in [-0.2, 0) is 0 Å². The molecule has 2 rings (SSSR count). The van der Waals surface area contributed by atoms with Crippen LogP contribution in [-0.4, -0.2) is 22.6 Å². The Morgan fingerprint density at radius 1 is 1.26 bits per heavy atom. The minimum atomic E-state index is -0.553. The molecule has 0 aromatic carbocycles. The number of nitrogens with zero attached hydrogens (tertiary/aromatic N) is 2. The Hall–Kier alpha value is -1.91. The molecule has 0 atom stereocenters. The number of primary amides is 1. The summed E-state index contributed by atoms with van der Waals surface area (Å²) in [5, 5.41) is 10.9. The van der Waals surface area contributed by atoms with Crippen molar-refractivity contribution in [2.45, 2.75) is 38.5 Å². The van der Waals surface area contributed by atoms with Crippen molar-refractivity contribution in [1.29, 1.82) is 0 Å². The van der Waals surface area contributed by atoms with Gasteiger partial charge in [0.05, 0.1) is 0 Å². The second-order valence-electron chi connectivity index (χ2n) is 4.81. The van der Waals surface area contributed by atoms with Crippen LogP contribution in [0.2, 0.25) is 0 Å². The van der Waals surface area contributed by atoms with E-state index in [1.54, 1.807) is 12.1 Å². The fraction of sp³-hybridized carbons (Fsp3) is 0.500. The van der Waals surface area contributed by atoms with Gasteiger partial charge < -0.3 is 11.1 Å². The van der Waals surface area contributed by atoms with E-state index in [0.717, 1.165) is 13.0 Å². The summed E-state index contributed by atoms with van der Waals surface area (Å²) in [5.74, 6) is 0.127. The molecular formula is C14H20N4O. The average Bonchev–Trinajstić information content (AvgIpc) is 2.68. The lowest BCUT2D eigenvalue weighted by Gasteiger charge is -2.07. The zero-order valence-corrected chi connectivity index (χ0v) is 11.1. The summed E-state index contributed by atoms with van der Waals surface area (Å²) in [7, 11) is 0. The Morgan fingerprint density at radius 2 is 2.16 bits per heavy atom. The van der Waals surface area contributed by atoms with Gasteiger partial charge in [0.25, 0.3) is 5.91 Å². The number of hydrogen-bond donors (Lipinski definition) is 2. The lowest BCUT2D eigenvalue weighted by molar-refractivity contribution is 0.0994. The highest BCUT2D eigenvalue weighted by atomic mass is 16.1. The molecule has 1 aromatic heterocycles. The van der Waals surface area contributed by atoms with E-state index in [1.165, 1.54) is 37.7 Å². The summed E-state index contributed by atoms with van der Waals surface area (Å²) in [5.41, 5.74) is 6.83. The molecule has 0 radical (unpaired) electrons. The Labute approximate surface area is 113 Å². The number of carbonyl (C=O) groups is 1. The predicted molar refractivity (Wildman–Crippen MR) is 74.8 cm³/mol. The van der Waals surface area contributed by atoms with Crippen molar-refractivity contribution in [1.82, 2.24) is 10.2 Å². The summed E-state index contributed by atoms with van der Waals surface area (Å²) >= 11 is 0. The van der Waals surface area contributed by atoms with Crippen LogP contribution in [0.4, 0.5) is 5.82 Å². The van der Waals surface area contributed by atoms with Crippen molar-refractivity contribution in [3.8, 4) is 0 Å². The van der Waals surface area contributed by atoms with E-state index in [-0.39, 0.29) is 5.69 Å². The van der Waals surface area contributed by atoms with E-state index in [9.17, 15) is 4.79 Å². The molecule has 1 amide bonds. The van der Waals surface area contributed by atoms with Crippen molar-refractivity contribution in [2.24, 2.45) is 5.73 Å². The van der Waals surface area contributed by atoms with Gasteiger partial charge in [-0.05, 0) is 44.2 Å². The van der Waals surface area contributed by atoms with Crippen LogP contribution >= 0.6 is 0 Å². The molecule has 1 aromatic rings. The topological polar surface area (TPSA) is 80.9 Å². The predicted octanol–water partition coefficient (Wildman–Crippen LogP) is 2.27. The number of amides is 1. The van der Waals surface area contributed by atoms with Crippen LogP contribution in [0.5, 0.6) is 0 Å². The minimum Gasteiger partial charge on any atom is -0.368 e. The first-order chi connectivity index (χ1) is 9.25. The molecule has 0 aliphatic heterocycles. The first-order valence-electron chi connectivity index (χ1n) is 6.81. The zero-order chi connectivity index (χ0) is 13.5. The smallest absolute Gasteiger partial charge is 0.269 e. The van der Waals surface area contributed by atoms with Gasteiger partial charge in [0.15, 0.2) is 5.69 Å². The average molecular weight is 260 g/mol. The SMILES string of the molecule is NC(=O)c1ccc(NCCC2=CCCCCC2)nn1. The van der Waals surface area contributed by atoms with Gasteiger partial charge in [0, 0.05) is 6.54 Å². The van der Waals surface area contributed by atoms with Crippen LogP contribution in [0.25, 0.3) is 0 Å². The number of hydrogen-bond acceptors (Lipinski definition) is 4. The Balaban J connectivity index is 1.78. The first-order valence-corrected chi connectivity index (χ1v) is 6.81. The zero-order valence-electron chi connectivity index (χ0n) is 11.1. The van der Waals surface area contributed by atoms with Gasteiger partial charge in [-0.3, -0.25) is 4.79 Å². The summed E-state index contributed by atoms with van der Waals surface area (Å²) in [6.45, 7) is 0.844. The molecule has 1 heterocycles. The third-order valence-electron chi connectivity index (χ3n) is 3.30. The number of allylic oxidation sites excluding steroid dienone is 1. The molecule has 3 N–H and O–H groups in total. The number of nitrogens with two attached hydrogens (primary N) is 1. The molecule has 0 saturated carbocycles. The normalized spacial score (nSPS) is 15.5. The largest absolute Gasteiger partial charge is 0.368 e. The minimum absolute atomic E-state index is 0.192. The van der Waals surface area contributed by atoms with Crippen LogP contribution in [0, 0.1) is 0 Å². The second-order valence-corrected chi connectivity index (χ2v) is 4.81. The molecule has 5 heteroatoms. The van der Waals surface area contributed by atoms with Gasteiger partial charge in [-0.25, -0.2) is 0 Å². The summed E-state index contributed by atoms with van der Waals surface area (Å²) in [4.78, 5) is 10.9. The number of carbonyl (C=O) groups excluding carboxylic acids is 1. The summed E-state index contributed by atoms with van der Waals surface area (Å²) < 4.78 is 0. The Morgan fingerprint density at radius 3 is 2.89 bits per heavy atom. The standard InChI is InChI=1S/C14H20N4O/c15-14(19)12-7-8-13(18-17-12)16-10-9-11-5-3-1-2-4-6-11/h5,7-8H,1-4,6,9-10H2,(H2,15,19)(H,16,18). The molecule has 19 heavy (non-hydrogen) atoms. The molecule has 0 unspecified atom stereocenters. The maximum atomic E-state index is 10.9. The highest BCUT2D eigenvalue weighted by molar-refractivity contribution is 5.90. The quantitative estimate of drug-likeness (QED) is 0.796. The molecule has 102 valence electrons. The fourth-order valence-corrected chi connectivity index (χ4v) is 2.22. The van der Waals surface area contributed by atoms with Gasteiger partial charge in [0.1, 0.15) is 5.82 Å². The molecule has 0 saturated heterocycles. The molecule has 0 spiro atoms. The number of nitrogens with one attached hydrogen (secondary N) is 1. The molecule has 1 aliphatic carbocycles. The number of rotatable bonds is 5. The van der Waals surface area contributed by atoms with E-state index in [1.807, 2.05) is 0 Å². The van der Waals surface area contributed by atoms with Gasteiger partial charge >= 0.3 is 0 Å². The molecule has 0 bridgehead atoms. The van der Waals surface area contributed by atoms with Crippen LogP contribution in [0.1, 0.15) is 49.0 Å². The van der Waals surface area contributed by atoms with Crippen LogP contribution in [0.3, 0.4) is 0 Å². The first kappa shape index (κ1) is 13.5. The van der Waals surface area contributed by atoms with Crippen LogP contribution < -0.4 is 11.1 Å². The van der Waals surface area contributed by atoms with E-state index >= 15 is 0 Å². The summed E-state index contributed by atoms with van der Waals surface area (Å²) in [6.07, 6.45) is 9.80. The van der Waals surface area contributed by atoms with Gasteiger partial charge in [-0.15, -0.1) is 10.2 Å². The molecule has 1 aliphatic rings.